The normalized spacial score (nSPS) is 13.1. The fourth-order valence-corrected chi connectivity index (χ4v) is 2.94. The third kappa shape index (κ3) is 6.06. The van der Waals surface area contributed by atoms with Crippen LogP contribution in [0.1, 0.15) is 65.3 Å². The van der Waals surface area contributed by atoms with Crippen molar-refractivity contribution in [2.45, 2.75) is 65.0 Å². The molecule has 0 aromatic carbocycles. The summed E-state index contributed by atoms with van der Waals surface area (Å²) >= 11 is 4.19. The summed E-state index contributed by atoms with van der Waals surface area (Å²) < 4.78 is 5.49. The van der Waals surface area contributed by atoms with Crippen LogP contribution >= 0.6 is 12.6 Å². The van der Waals surface area contributed by atoms with Gasteiger partial charge in [0, 0.05) is 41.4 Å². The van der Waals surface area contributed by atoms with Gasteiger partial charge in [0.2, 0.25) is 11.8 Å². The van der Waals surface area contributed by atoms with Crippen molar-refractivity contribution in [3.8, 4) is 0 Å². The van der Waals surface area contributed by atoms with Crippen LogP contribution in [0.15, 0.2) is 35.1 Å². The van der Waals surface area contributed by atoms with E-state index in [-0.39, 0.29) is 23.7 Å². The Morgan fingerprint density at radius 3 is 2.41 bits per heavy atom. The number of rotatable bonds is 6. The van der Waals surface area contributed by atoms with E-state index in [2.05, 4.69) is 28.1 Å². The largest absolute Gasteiger partial charge is 0.359 e. The van der Waals surface area contributed by atoms with Gasteiger partial charge in [0.15, 0.2) is 5.82 Å². The number of aromatic nitrogens is 2. The summed E-state index contributed by atoms with van der Waals surface area (Å²) in [6.07, 6.45) is 3.36. The highest BCUT2D eigenvalue weighted by Gasteiger charge is 2.36. The van der Waals surface area contributed by atoms with E-state index < -0.39 is 11.6 Å². The maximum atomic E-state index is 13.3. The Hall–Kier alpha value is -2.35. The minimum absolute atomic E-state index is 0.153. The quantitative estimate of drug-likeness (QED) is 0.699. The number of nitrogens with zero attached hydrogens (tertiary/aromatic N) is 3. The van der Waals surface area contributed by atoms with Crippen molar-refractivity contribution in [3.05, 3.63) is 41.9 Å². The first kappa shape index (κ1) is 22.9. The number of hydrogen-bond acceptors (Lipinski definition) is 6. The highest BCUT2D eigenvalue weighted by Crippen LogP contribution is 2.32. The molecule has 0 saturated carbocycles. The lowest BCUT2D eigenvalue weighted by molar-refractivity contribution is -0.127. The summed E-state index contributed by atoms with van der Waals surface area (Å²) in [5.41, 5.74) is -0.181. The van der Waals surface area contributed by atoms with Gasteiger partial charge in [-0.1, -0.05) is 32.0 Å². The Kier molecular flexibility index (Phi) is 7.11. The lowest BCUT2D eigenvalue weighted by Crippen LogP contribution is -2.49. The zero-order valence-corrected chi connectivity index (χ0v) is 18.8. The molecule has 0 aliphatic rings. The molecule has 2 amide bonds. The van der Waals surface area contributed by atoms with Crippen molar-refractivity contribution in [2.75, 3.05) is 10.7 Å². The molecule has 7 nitrogen and oxygen atoms in total. The minimum Gasteiger partial charge on any atom is -0.359 e. The number of anilines is 1. The molecule has 1 atom stereocenters. The number of nitrogens with one attached hydrogen (secondary N) is 1. The zero-order valence-electron chi connectivity index (χ0n) is 17.9. The first-order valence-electron chi connectivity index (χ1n) is 9.56. The molecule has 0 aliphatic carbocycles. The Balaban J connectivity index is 2.59. The summed E-state index contributed by atoms with van der Waals surface area (Å²) in [7, 11) is 0. The topological polar surface area (TPSA) is 88.3 Å². The molecule has 0 bridgehead atoms. The van der Waals surface area contributed by atoms with Gasteiger partial charge in [-0.05, 0) is 32.6 Å². The molecule has 0 fully saturated rings. The fourth-order valence-electron chi connectivity index (χ4n) is 2.75. The molecule has 0 spiro atoms. The molecule has 29 heavy (non-hydrogen) atoms. The van der Waals surface area contributed by atoms with Gasteiger partial charge in [0.1, 0.15) is 11.8 Å². The molecule has 2 aromatic rings. The monoisotopic (exact) mass is 418 g/mol. The van der Waals surface area contributed by atoms with Crippen molar-refractivity contribution in [2.24, 2.45) is 0 Å². The molecule has 2 rings (SSSR count). The lowest BCUT2D eigenvalue weighted by Gasteiger charge is -2.32. The second-order valence-corrected chi connectivity index (χ2v) is 9.41. The zero-order chi connectivity index (χ0) is 21.8. The SMILES string of the molecule is CC(C)(C)NC(=O)[C@@H](c1cccnc1)N(C(=O)CCS)c1cc(C(C)(C)C)on1. The number of amides is 2. The number of pyridine rings is 1. The predicted octanol–water partition coefficient (Wildman–Crippen LogP) is 3.68. The molecular formula is C21H30N4O3S. The minimum atomic E-state index is -0.937. The number of thiol groups is 1. The Morgan fingerprint density at radius 2 is 1.93 bits per heavy atom. The molecule has 8 heteroatoms. The Labute approximate surface area is 177 Å². The van der Waals surface area contributed by atoms with Gasteiger partial charge in [-0.15, -0.1) is 0 Å². The summed E-state index contributed by atoms with van der Waals surface area (Å²) in [6, 6.07) is 4.28. The summed E-state index contributed by atoms with van der Waals surface area (Å²) in [6.45, 7) is 11.6. The highest BCUT2D eigenvalue weighted by atomic mass is 32.1. The average Bonchev–Trinajstić information content (AvgIpc) is 3.08. The van der Waals surface area contributed by atoms with Gasteiger partial charge >= 0.3 is 0 Å². The van der Waals surface area contributed by atoms with E-state index >= 15 is 0 Å². The van der Waals surface area contributed by atoms with Gasteiger partial charge in [0.25, 0.3) is 0 Å². The fraction of sp³-hybridized carbons (Fsp3) is 0.524. The van der Waals surface area contributed by atoms with E-state index in [1.807, 2.05) is 41.5 Å². The van der Waals surface area contributed by atoms with Crippen LogP contribution in [-0.4, -0.2) is 33.2 Å². The second kappa shape index (κ2) is 8.98. The number of carbonyl (C=O) groups is 2. The van der Waals surface area contributed by atoms with Crippen molar-refractivity contribution in [1.29, 1.82) is 0 Å². The number of carbonyl (C=O) groups excluding carboxylic acids is 2. The number of hydrogen-bond donors (Lipinski definition) is 2. The van der Waals surface area contributed by atoms with Gasteiger partial charge in [0.05, 0.1) is 0 Å². The molecule has 2 heterocycles. The van der Waals surface area contributed by atoms with Crippen LogP contribution in [0.5, 0.6) is 0 Å². The molecule has 2 aromatic heterocycles. The van der Waals surface area contributed by atoms with Gasteiger partial charge in [-0.25, -0.2) is 0 Å². The maximum Gasteiger partial charge on any atom is 0.248 e. The van der Waals surface area contributed by atoms with E-state index in [1.54, 1.807) is 30.6 Å². The first-order chi connectivity index (χ1) is 13.4. The third-order valence-corrected chi connectivity index (χ3v) is 4.31. The molecule has 0 unspecified atom stereocenters. The van der Waals surface area contributed by atoms with Crippen LogP contribution in [0, 0.1) is 0 Å². The predicted molar refractivity (Wildman–Crippen MR) is 116 cm³/mol. The Bertz CT molecular complexity index is 838. The van der Waals surface area contributed by atoms with Crippen molar-refractivity contribution >= 4 is 30.3 Å². The highest BCUT2D eigenvalue weighted by molar-refractivity contribution is 7.80. The molecule has 0 aliphatic heterocycles. The van der Waals surface area contributed by atoms with Crippen LogP contribution in [0.2, 0.25) is 0 Å². The summed E-state index contributed by atoms with van der Waals surface area (Å²) in [4.78, 5) is 31.9. The first-order valence-corrected chi connectivity index (χ1v) is 10.2. The second-order valence-electron chi connectivity index (χ2n) is 8.96. The van der Waals surface area contributed by atoms with Crippen LogP contribution in [0.4, 0.5) is 5.82 Å². The van der Waals surface area contributed by atoms with Crippen LogP contribution in [-0.2, 0) is 15.0 Å². The van der Waals surface area contributed by atoms with Gasteiger partial charge < -0.3 is 9.84 Å². The molecule has 158 valence electrons. The van der Waals surface area contributed by atoms with Crippen molar-refractivity contribution in [3.63, 3.8) is 0 Å². The maximum absolute atomic E-state index is 13.3. The average molecular weight is 419 g/mol. The van der Waals surface area contributed by atoms with Gasteiger partial charge in [-0.3, -0.25) is 19.5 Å². The van der Waals surface area contributed by atoms with E-state index in [9.17, 15) is 9.59 Å². The molecule has 0 radical (unpaired) electrons. The summed E-state index contributed by atoms with van der Waals surface area (Å²) in [5.74, 6) is 0.668. The van der Waals surface area contributed by atoms with Crippen LogP contribution in [0.3, 0.4) is 0 Å². The van der Waals surface area contributed by atoms with Crippen LogP contribution < -0.4 is 10.2 Å². The molecular weight excluding hydrogens is 388 g/mol. The molecule has 0 saturated heterocycles. The lowest BCUT2D eigenvalue weighted by atomic mass is 9.93. The van der Waals surface area contributed by atoms with Crippen LogP contribution in [0.25, 0.3) is 0 Å². The standard InChI is InChI=1S/C21H30N4O3S/c1-20(2,3)15-12-16(24-28-15)25(17(26)9-11-29)18(14-8-7-10-22-13-14)19(27)23-21(4,5)6/h7-8,10,12-13,18,29H,9,11H2,1-6H3,(H,23,27)/t18-/m1/s1. The van der Waals surface area contributed by atoms with Gasteiger partial charge in [-0.2, -0.15) is 12.6 Å². The van der Waals surface area contributed by atoms with E-state index in [0.29, 0.717) is 22.9 Å². The van der Waals surface area contributed by atoms with E-state index in [4.69, 9.17) is 4.52 Å². The molecule has 1 N–H and O–H groups in total. The smallest absolute Gasteiger partial charge is 0.248 e. The van der Waals surface area contributed by atoms with E-state index in [1.165, 1.54) is 4.90 Å². The third-order valence-electron chi connectivity index (χ3n) is 4.08. The Morgan fingerprint density at radius 1 is 1.24 bits per heavy atom. The van der Waals surface area contributed by atoms with Crippen molar-refractivity contribution in [1.82, 2.24) is 15.5 Å². The van der Waals surface area contributed by atoms with E-state index in [0.717, 1.165) is 0 Å². The summed E-state index contributed by atoms with van der Waals surface area (Å²) in [5, 5.41) is 7.08. The van der Waals surface area contributed by atoms with Crippen molar-refractivity contribution < 1.29 is 14.1 Å².